The molecule has 190 valence electrons. The van der Waals surface area contributed by atoms with E-state index >= 15 is 0 Å². The standard InChI is InChI=1S/C39H29N/c1-39(2)35-20-8-6-16-31(35)32-23-22-27(25-36(32)39)26-12-10-13-28(24-26)30-18-11-19-34-33-17-7-9-21-37(33)40(38(30)34)29-14-4-3-5-15-29/h3-25H,1-2H3. The first-order valence-electron chi connectivity index (χ1n) is 14.0. The third kappa shape index (κ3) is 3.28. The lowest BCUT2D eigenvalue weighted by Gasteiger charge is -2.22. The number of aromatic nitrogens is 1. The minimum absolute atomic E-state index is 0.0121. The van der Waals surface area contributed by atoms with Crippen molar-refractivity contribution in [3.63, 3.8) is 0 Å². The van der Waals surface area contributed by atoms with E-state index in [-0.39, 0.29) is 5.41 Å². The Morgan fingerprint density at radius 1 is 0.450 bits per heavy atom. The summed E-state index contributed by atoms with van der Waals surface area (Å²) in [4.78, 5) is 0. The number of para-hydroxylation sites is 3. The highest BCUT2D eigenvalue weighted by atomic mass is 15.0. The summed E-state index contributed by atoms with van der Waals surface area (Å²) in [6, 6.07) is 51.1. The van der Waals surface area contributed by atoms with Crippen LogP contribution in [0.4, 0.5) is 0 Å². The average molecular weight is 512 g/mol. The summed E-state index contributed by atoms with van der Waals surface area (Å²) in [5.41, 5.74) is 14.2. The first-order valence-corrected chi connectivity index (χ1v) is 14.0. The second-order valence-electron chi connectivity index (χ2n) is 11.4. The van der Waals surface area contributed by atoms with Crippen molar-refractivity contribution in [1.29, 1.82) is 0 Å². The van der Waals surface area contributed by atoms with E-state index in [0.29, 0.717) is 0 Å². The van der Waals surface area contributed by atoms with Gasteiger partial charge in [-0.15, -0.1) is 0 Å². The predicted molar refractivity (Wildman–Crippen MR) is 169 cm³/mol. The second-order valence-corrected chi connectivity index (χ2v) is 11.4. The van der Waals surface area contributed by atoms with Gasteiger partial charge in [-0.1, -0.05) is 123 Å². The van der Waals surface area contributed by atoms with Gasteiger partial charge in [-0.3, -0.25) is 0 Å². The maximum absolute atomic E-state index is 2.42. The zero-order valence-corrected chi connectivity index (χ0v) is 22.7. The third-order valence-corrected chi connectivity index (χ3v) is 8.80. The molecule has 1 heteroatoms. The highest BCUT2D eigenvalue weighted by molar-refractivity contribution is 6.13. The van der Waals surface area contributed by atoms with E-state index in [1.54, 1.807) is 0 Å². The molecule has 6 aromatic carbocycles. The highest BCUT2D eigenvalue weighted by Gasteiger charge is 2.35. The molecule has 0 fully saturated rings. The summed E-state index contributed by atoms with van der Waals surface area (Å²) >= 11 is 0. The lowest BCUT2D eigenvalue weighted by molar-refractivity contribution is 0.660. The molecule has 0 saturated carbocycles. The maximum atomic E-state index is 2.42. The number of hydrogen-bond acceptors (Lipinski definition) is 0. The number of fused-ring (bicyclic) bond motifs is 6. The van der Waals surface area contributed by atoms with E-state index in [2.05, 4.69) is 158 Å². The summed E-state index contributed by atoms with van der Waals surface area (Å²) in [6.07, 6.45) is 0. The van der Waals surface area contributed by atoms with Crippen molar-refractivity contribution < 1.29 is 0 Å². The lowest BCUT2D eigenvalue weighted by atomic mass is 9.81. The lowest BCUT2D eigenvalue weighted by Crippen LogP contribution is -2.14. The van der Waals surface area contributed by atoms with Crippen molar-refractivity contribution in [2.24, 2.45) is 0 Å². The first-order chi connectivity index (χ1) is 19.6. The van der Waals surface area contributed by atoms with E-state index in [1.165, 1.54) is 72.0 Å². The van der Waals surface area contributed by atoms with Crippen molar-refractivity contribution in [1.82, 2.24) is 4.57 Å². The Labute approximate surface area is 235 Å². The van der Waals surface area contributed by atoms with Crippen LogP contribution in [0, 0.1) is 0 Å². The Kier molecular flexibility index (Phi) is 4.93. The fraction of sp³-hybridized carbons (Fsp3) is 0.0769. The van der Waals surface area contributed by atoms with Crippen molar-refractivity contribution >= 4 is 21.8 Å². The molecule has 0 amide bonds. The van der Waals surface area contributed by atoms with Gasteiger partial charge in [-0.25, -0.2) is 0 Å². The van der Waals surface area contributed by atoms with Gasteiger partial charge in [-0.05, 0) is 69.3 Å². The van der Waals surface area contributed by atoms with Crippen LogP contribution in [-0.2, 0) is 5.41 Å². The van der Waals surface area contributed by atoms with Gasteiger partial charge in [-0.2, -0.15) is 0 Å². The largest absolute Gasteiger partial charge is 0.309 e. The second kappa shape index (κ2) is 8.56. The molecule has 1 aliphatic rings. The fourth-order valence-corrected chi connectivity index (χ4v) is 6.85. The summed E-state index contributed by atoms with van der Waals surface area (Å²) in [5.74, 6) is 0. The molecule has 1 aromatic heterocycles. The summed E-state index contributed by atoms with van der Waals surface area (Å²) in [6.45, 7) is 4.70. The normalized spacial score (nSPS) is 13.4. The van der Waals surface area contributed by atoms with E-state index in [1.807, 2.05) is 0 Å². The van der Waals surface area contributed by atoms with E-state index in [9.17, 15) is 0 Å². The smallest absolute Gasteiger partial charge is 0.0619 e. The molecule has 0 saturated heterocycles. The molecule has 0 bridgehead atoms. The minimum Gasteiger partial charge on any atom is -0.309 e. The van der Waals surface area contributed by atoms with Crippen molar-refractivity contribution in [2.75, 3.05) is 0 Å². The molecule has 1 aliphatic carbocycles. The van der Waals surface area contributed by atoms with E-state index in [0.717, 1.165) is 0 Å². The number of nitrogens with zero attached hydrogens (tertiary/aromatic N) is 1. The van der Waals surface area contributed by atoms with Gasteiger partial charge >= 0.3 is 0 Å². The Morgan fingerprint density at radius 3 is 2.00 bits per heavy atom. The molecule has 1 heterocycles. The van der Waals surface area contributed by atoms with Gasteiger partial charge in [0.2, 0.25) is 0 Å². The molecule has 0 spiro atoms. The fourth-order valence-electron chi connectivity index (χ4n) is 6.85. The maximum Gasteiger partial charge on any atom is 0.0619 e. The molecule has 8 rings (SSSR count). The Bertz CT molecular complexity index is 2070. The van der Waals surface area contributed by atoms with Crippen molar-refractivity contribution in [3.05, 3.63) is 151 Å². The van der Waals surface area contributed by atoms with E-state index in [4.69, 9.17) is 0 Å². The van der Waals surface area contributed by atoms with Crippen molar-refractivity contribution in [2.45, 2.75) is 19.3 Å². The number of benzene rings is 6. The minimum atomic E-state index is -0.0121. The van der Waals surface area contributed by atoms with Crippen LogP contribution in [0.1, 0.15) is 25.0 Å². The number of rotatable bonds is 3. The van der Waals surface area contributed by atoms with Crippen LogP contribution in [0.25, 0.3) is 60.9 Å². The SMILES string of the molecule is CC1(C)c2ccccc2-c2ccc(-c3cccc(-c4cccc5c6ccccc6n(-c6ccccc6)c45)c3)cc21. The van der Waals surface area contributed by atoms with Crippen LogP contribution < -0.4 is 0 Å². The topological polar surface area (TPSA) is 4.93 Å². The molecule has 7 aromatic rings. The molecule has 0 N–H and O–H groups in total. The third-order valence-electron chi connectivity index (χ3n) is 8.80. The molecule has 0 aliphatic heterocycles. The first kappa shape index (κ1) is 23.0. The molecule has 0 atom stereocenters. The molecule has 0 radical (unpaired) electrons. The molecule has 40 heavy (non-hydrogen) atoms. The Hall–Kier alpha value is -4.88. The van der Waals surface area contributed by atoms with Crippen molar-refractivity contribution in [3.8, 4) is 39.1 Å². The monoisotopic (exact) mass is 511 g/mol. The van der Waals surface area contributed by atoms with Crippen LogP contribution in [0.15, 0.2) is 140 Å². The predicted octanol–water partition coefficient (Wildman–Crippen LogP) is 10.4. The van der Waals surface area contributed by atoms with Crippen LogP contribution in [-0.4, -0.2) is 4.57 Å². The Morgan fingerprint density at radius 2 is 1.10 bits per heavy atom. The van der Waals surface area contributed by atoms with Crippen LogP contribution in [0.2, 0.25) is 0 Å². The zero-order chi connectivity index (χ0) is 26.8. The average Bonchev–Trinajstić information content (AvgIpc) is 3.47. The van der Waals surface area contributed by atoms with Gasteiger partial charge in [0.15, 0.2) is 0 Å². The number of hydrogen-bond donors (Lipinski definition) is 0. The molecular weight excluding hydrogens is 482 g/mol. The van der Waals surface area contributed by atoms with Crippen LogP contribution >= 0.6 is 0 Å². The Balaban J connectivity index is 1.32. The molecule has 1 nitrogen and oxygen atoms in total. The quantitative estimate of drug-likeness (QED) is 0.222. The summed E-state index contributed by atoms with van der Waals surface area (Å²) in [7, 11) is 0. The molecular formula is C39H29N. The van der Waals surface area contributed by atoms with Gasteiger partial charge in [0.25, 0.3) is 0 Å². The van der Waals surface area contributed by atoms with Gasteiger partial charge in [0.05, 0.1) is 11.0 Å². The van der Waals surface area contributed by atoms with Gasteiger partial charge < -0.3 is 4.57 Å². The van der Waals surface area contributed by atoms with Crippen LogP contribution in [0.3, 0.4) is 0 Å². The summed E-state index contributed by atoms with van der Waals surface area (Å²) < 4.78 is 2.42. The van der Waals surface area contributed by atoms with Gasteiger partial charge in [0, 0.05) is 27.4 Å². The summed E-state index contributed by atoms with van der Waals surface area (Å²) in [5, 5.41) is 2.55. The molecule has 0 unspecified atom stereocenters. The highest BCUT2D eigenvalue weighted by Crippen LogP contribution is 2.49. The van der Waals surface area contributed by atoms with Gasteiger partial charge in [0.1, 0.15) is 0 Å². The zero-order valence-electron chi connectivity index (χ0n) is 22.7. The van der Waals surface area contributed by atoms with Crippen LogP contribution in [0.5, 0.6) is 0 Å². The van der Waals surface area contributed by atoms with E-state index < -0.39 is 0 Å².